The summed E-state index contributed by atoms with van der Waals surface area (Å²) in [5, 5.41) is 2.76. The van der Waals surface area contributed by atoms with E-state index >= 15 is 0 Å². The molecule has 0 saturated carbocycles. The van der Waals surface area contributed by atoms with Crippen molar-refractivity contribution in [3.05, 3.63) is 82.0 Å². The van der Waals surface area contributed by atoms with Crippen LogP contribution in [-0.4, -0.2) is 61.3 Å². The number of epoxide rings is 1. The van der Waals surface area contributed by atoms with Gasteiger partial charge in [-0.1, -0.05) is 42.5 Å². The number of hydrogen-bond acceptors (Lipinski definition) is 6. The molecule has 5 rings (SSSR count). The molecule has 2 fully saturated rings. The van der Waals surface area contributed by atoms with Crippen LogP contribution in [0.1, 0.15) is 24.9 Å². The van der Waals surface area contributed by atoms with Crippen molar-refractivity contribution >= 4 is 23.2 Å². The number of nitrogens with one attached hydrogen (secondary N) is 1. The van der Waals surface area contributed by atoms with E-state index in [1.807, 2.05) is 42.5 Å². The third-order valence-corrected chi connectivity index (χ3v) is 7.60. The minimum Gasteiger partial charge on any atom is -0.377 e. The van der Waals surface area contributed by atoms with Gasteiger partial charge in [0.2, 0.25) is 6.10 Å². The Morgan fingerprint density at radius 1 is 1.05 bits per heavy atom. The fourth-order valence-corrected chi connectivity index (χ4v) is 5.31. The van der Waals surface area contributed by atoms with E-state index in [2.05, 4.69) is 10.1 Å². The normalized spacial score (nSPS) is 23.5. The second kappa shape index (κ2) is 9.90. The standard InChI is InChI=1S/C26H24F3N3O4S/c27-26(28,29)24-25(30,36-24)21-11-10-20(37-21)22(33)31-14-19-15-35-13-12-32(19)23(34)18-8-6-17(7-9-18)16-4-2-1-3-5-16/h1-11,19,24H,12-15,30H2,(H,31,33)/t19?,24?,25-/m1/s1. The van der Waals surface area contributed by atoms with Crippen LogP contribution in [0.3, 0.4) is 0 Å². The number of ether oxygens (including phenoxy) is 2. The van der Waals surface area contributed by atoms with E-state index in [4.69, 9.17) is 10.5 Å². The predicted molar refractivity (Wildman–Crippen MR) is 131 cm³/mol. The van der Waals surface area contributed by atoms with Crippen molar-refractivity contribution in [2.75, 3.05) is 26.3 Å². The van der Waals surface area contributed by atoms with Crippen LogP contribution in [0, 0.1) is 0 Å². The molecule has 2 aliphatic rings. The average molecular weight is 532 g/mol. The van der Waals surface area contributed by atoms with Gasteiger partial charge >= 0.3 is 6.18 Å². The Hall–Kier alpha value is -3.25. The summed E-state index contributed by atoms with van der Waals surface area (Å²) in [6.45, 7) is 1.12. The second-order valence-electron chi connectivity index (χ2n) is 8.88. The number of carbonyl (C=O) groups excluding carboxylic acids is 2. The van der Waals surface area contributed by atoms with Crippen molar-refractivity contribution in [2.45, 2.75) is 24.0 Å². The molecule has 1 aromatic heterocycles. The van der Waals surface area contributed by atoms with Gasteiger partial charge in [-0.2, -0.15) is 13.2 Å². The fraction of sp³-hybridized carbons (Fsp3) is 0.308. The topological polar surface area (TPSA) is 97.2 Å². The largest absolute Gasteiger partial charge is 0.419 e. The van der Waals surface area contributed by atoms with Crippen molar-refractivity contribution in [3.63, 3.8) is 0 Å². The lowest BCUT2D eigenvalue weighted by molar-refractivity contribution is -0.146. The first-order valence-corrected chi connectivity index (χ1v) is 12.4. The summed E-state index contributed by atoms with van der Waals surface area (Å²) >= 11 is 0.846. The van der Waals surface area contributed by atoms with Gasteiger partial charge in [0.15, 0.2) is 5.72 Å². The SMILES string of the molecule is N[C@]1(c2ccc(C(=O)NCC3COCCN3C(=O)c3ccc(-c4ccccc4)cc3)s2)OC1C(F)(F)F. The molecular formula is C26H24F3N3O4S. The molecule has 0 bridgehead atoms. The predicted octanol–water partition coefficient (Wildman–Crippen LogP) is 3.76. The number of thiophene rings is 1. The van der Waals surface area contributed by atoms with Crippen molar-refractivity contribution in [3.8, 4) is 11.1 Å². The smallest absolute Gasteiger partial charge is 0.377 e. The molecule has 7 nitrogen and oxygen atoms in total. The van der Waals surface area contributed by atoms with Crippen LogP contribution >= 0.6 is 11.3 Å². The van der Waals surface area contributed by atoms with E-state index < -0.39 is 30.0 Å². The first-order valence-electron chi connectivity index (χ1n) is 11.6. The van der Waals surface area contributed by atoms with Gasteiger partial charge in [-0.25, -0.2) is 0 Å². The van der Waals surface area contributed by atoms with Gasteiger partial charge < -0.3 is 19.7 Å². The Bertz CT molecular complexity index is 1280. The van der Waals surface area contributed by atoms with Crippen LogP contribution < -0.4 is 11.1 Å². The van der Waals surface area contributed by atoms with E-state index in [9.17, 15) is 22.8 Å². The van der Waals surface area contributed by atoms with Gasteiger partial charge in [0.25, 0.3) is 11.8 Å². The number of benzene rings is 2. The number of carbonyl (C=O) groups is 2. The maximum absolute atomic E-state index is 13.2. The highest BCUT2D eigenvalue weighted by Gasteiger charge is 2.69. The molecule has 3 aromatic rings. The number of rotatable bonds is 6. The second-order valence-corrected chi connectivity index (χ2v) is 9.96. The highest BCUT2D eigenvalue weighted by molar-refractivity contribution is 7.14. The molecule has 2 aliphatic heterocycles. The van der Waals surface area contributed by atoms with Gasteiger partial charge in [0.1, 0.15) is 0 Å². The number of hydrogen-bond donors (Lipinski definition) is 2. The first kappa shape index (κ1) is 25.4. The van der Waals surface area contributed by atoms with Crippen LogP contribution in [0.5, 0.6) is 0 Å². The minimum absolute atomic E-state index is 0.120. The van der Waals surface area contributed by atoms with Crippen LogP contribution in [-0.2, 0) is 15.2 Å². The molecule has 2 saturated heterocycles. The number of nitrogens with two attached hydrogens (primary N) is 1. The molecule has 3 atom stereocenters. The Labute approximate surface area is 215 Å². The number of alkyl halides is 3. The maximum Gasteiger partial charge on any atom is 0.419 e. The lowest BCUT2D eigenvalue weighted by Crippen LogP contribution is -2.53. The Morgan fingerprint density at radius 2 is 1.76 bits per heavy atom. The van der Waals surface area contributed by atoms with Crippen LogP contribution in [0.2, 0.25) is 0 Å². The number of morpholine rings is 1. The third kappa shape index (κ3) is 5.26. The van der Waals surface area contributed by atoms with Crippen molar-refractivity contribution in [1.82, 2.24) is 10.2 Å². The summed E-state index contributed by atoms with van der Waals surface area (Å²) in [5.41, 5.74) is 6.34. The molecule has 3 heterocycles. The van der Waals surface area contributed by atoms with Gasteiger partial charge in [-0.3, -0.25) is 15.3 Å². The quantitative estimate of drug-likeness (QED) is 0.473. The van der Waals surface area contributed by atoms with Crippen molar-refractivity contribution < 1.29 is 32.2 Å². The third-order valence-electron chi connectivity index (χ3n) is 6.38. The molecule has 2 aromatic carbocycles. The van der Waals surface area contributed by atoms with E-state index in [1.165, 1.54) is 12.1 Å². The molecule has 194 valence electrons. The van der Waals surface area contributed by atoms with Crippen molar-refractivity contribution in [2.24, 2.45) is 5.73 Å². The van der Waals surface area contributed by atoms with Crippen LogP contribution in [0.4, 0.5) is 13.2 Å². The summed E-state index contributed by atoms with van der Waals surface area (Å²) in [7, 11) is 0. The minimum atomic E-state index is -4.58. The van der Waals surface area contributed by atoms with Crippen LogP contribution in [0.25, 0.3) is 11.1 Å². The molecule has 11 heteroatoms. The molecule has 0 spiro atoms. The summed E-state index contributed by atoms with van der Waals surface area (Å²) in [5.74, 6) is -0.649. The molecule has 37 heavy (non-hydrogen) atoms. The highest BCUT2D eigenvalue weighted by atomic mass is 32.1. The zero-order valence-electron chi connectivity index (χ0n) is 19.5. The number of amides is 2. The average Bonchev–Trinajstić information content (AvgIpc) is 3.38. The molecule has 0 radical (unpaired) electrons. The van der Waals surface area contributed by atoms with Gasteiger partial charge in [0.05, 0.1) is 29.0 Å². The summed E-state index contributed by atoms with van der Waals surface area (Å²) < 4.78 is 49.0. The van der Waals surface area contributed by atoms with E-state index in [0.717, 1.165) is 22.5 Å². The number of halogens is 3. The van der Waals surface area contributed by atoms with Crippen LogP contribution in [0.15, 0.2) is 66.7 Å². The molecule has 0 aliphatic carbocycles. The summed E-state index contributed by atoms with van der Waals surface area (Å²) in [6.07, 6.45) is -6.67. The Morgan fingerprint density at radius 3 is 2.43 bits per heavy atom. The van der Waals surface area contributed by atoms with Gasteiger partial charge in [-0.15, -0.1) is 11.3 Å². The zero-order chi connectivity index (χ0) is 26.2. The Kier molecular flexibility index (Phi) is 6.80. The monoisotopic (exact) mass is 531 g/mol. The molecular weight excluding hydrogens is 507 g/mol. The lowest BCUT2D eigenvalue weighted by atomic mass is 10.0. The number of nitrogens with zero attached hydrogens (tertiary/aromatic N) is 1. The van der Waals surface area contributed by atoms with E-state index in [1.54, 1.807) is 17.0 Å². The van der Waals surface area contributed by atoms with Gasteiger partial charge in [-0.05, 0) is 35.4 Å². The molecule has 3 N–H and O–H groups in total. The van der Waals surface area contributed by atoms with Crippen molar-refractivity contribution in [1.29, 1.82) is 0 Å². The lowest BCUT2D eigenvalue weighted by Gasteiger charge is -2.35. The van der Waals surface area contributed by atoms with E-state index in [0.29, 0.717) is 18.7 Å². The Balaban J connectivity index is 1.21. The maximum atomic E-state index is 13.2. The van der Waals surface area contributed by atoms with E-state index in [-0.39, 0.29) is 28.8 Å². The first-order chi connectivity index (χ1) is 17.7. The summed E-state index contributed by atoms with van der Waals surface area (Å²) in [4.78, 5) is 27.9. The fourth-order valence-electron chi connectivity index (χ4n) is 4.32. The summed E-state index contributed by atoms with van der Waals surface area (Å²) in [6, 6.07) is 19.5. The van der Waals surface area contributed by atoms with Gasteiger partial charge in [0, 0.05) is 18.7 Å². The zero-order valence-corrected chi connectivity index (χ0v) is 20.4. The molecule has 2 unspecified atom stereocenters. The molecule has 2 amide bonds. The highest BCUT2D eigenvalue weighted by Crippen LogP contribution is 2.51.